The number of aromatic nitrogens is 1. The number of nitrogens with two attached hydrogens (primary N) is 1. The Kier molecular flexibility index (Phi) is 4.01. The molecule has 1 unspecified atom stereocenters. The molecule has 0 aliphatic carbocycles. The molecule has 2 aromatic rings. The van der Waals surface area contributed by atoms with Gasteiger partial charge in [0.25, 0.3) is 0 Å². The van der Waals surface area contributed by atoms with Crippen molar-refractivity contribution in [3.8, 4) is 0 Å². The third-order valence-corrected chi connectivity index (χ3v) is 3.71. The number of aryl methyl sites for hydroxylation is 4. The van der Waals surface area contributed by atoms with Gasteiger partial charge in [-0.1, -0.05) is 23.8 Å². The predicted molar refractivity (Wildman–Crippen MR) is 80.3 cm³/mol. The fourth-order valence-electron chi connectivity index (χ4n) is 2.75. The van der Waals surface area contributed by atoms with E-state index in [1.54, 1.807) is 0 Å². The van der Waals surface area contributed by atoms with Gasteiger partial charge in [-0.25, -0.2) is 0 Å². The van der Waals surface area contributed by atoms with Crippen molar-refractivity contribution in [2.75, 3.05) is 0 Å². The zero-order chi connectivity index (χ0) is 14.0. The van der Waals surface area contributed by atoms with Crippen LogP contribution in [0, 0.1) is 27.7 Å². The van der Waals surface area contributed by atoms with Crippen LogP contribution in [0.5, 0.6) is 0 Å². The maximum Gasteiger partial charge on any atom is 0.0420 e. The predicted octanol–water partition coefficient (Wildman–Crippen LogP) is 3.56. The van der Waals surface area contributed by atoms with E-state index in [-0.39, 0.29) is 6.04 Å². The molecule has 19 heavy (non-hydrogen) atoms. The molecule has 0 aliphatic rings. The van der Waals surface area contributed by atoms with Gasteiger partial charge in [0.05, 0.1) is 0 Å². The molecule has 0 amide bonds. The molecule has 0 saturated carbocycles. The first kappa shape index (κ1) is 13.8. The van der Waals surface area contributed by atoms with E-state index in [2.05, 4.69) is 44.0 Å². The summed E-state index contributed by atoms with van der Waals surface area (Å²) >= 11 is 0. The maximum absolute atomic E-state index is 6.36. The Morgan fingerprint density at radius 2 is 1.74 bits per heavy atom. The number of nitrogens with zero attached hydrogens (tertiary/aromatic N) is 1. The maximum atomic E-state index is 6.36. The lowest BCUT2D eigenvalue weighted by molar-refractivity contribution is 0.704. The number of hydrogen-bond acceptors (Lipinski definition) is 2. The van der Waals surface area contributed by atoms with Crippen molar-refractivity contribution in [3.05, 3.63) is 64.0 Å². The lowest BCUT2D eigenvalue weighted by Gasteiger charge is -2.18. The van der Waals surface area contributed by atoms with E-state index >= 15 is 0 Å². The Bertz CT molecular complexity index is 565. The molecule has 1 heterocycles. The Balaban J connectivity index is 2.29. The monoisotopic (exact) mass is 254 g/mol. The zero-order valence-corrected chi connectivity index (χ0v) is 12.2. The summed E-state index contributed by atoms with van der Waals surface area (Å²) in [6.45, 7) is 8.48. The van der Waals surface area contributed by atoms with Crippen molar-refractivity contribution < 1.29 is 0 Å². The molecule has 0 fully saturated rings. The smallest absolute Gasteiger partial charge is 0.0420 e. The molecule has 0 spiro atoms. The first-order valence-corrected chi connectivity index (χ1v) is 6.73. The molecule has 0 radical (unpaired) electrons. The van der Waals surface area contributed by atoms with E-state index in [0.717, 1.165) is 17.7 Å². The third-order valence-electron chi connectivity index (χ3n) is 3.71. The SMILES string of the molecule is Cc1cc(C)c(CC(N)c2cccnc2C)c(C)c1. The van der Waals surface area contributed by atoms with E-state index in [4.69, 9.17) is 5.73 Å². The molecule has 1 atom stereocenters. The van der Waals surface area contributed by atoms with E-state index in [0.29, 0.717) is 0 Å². The highest BCUT2D eigenvalue weighted by atomic mass is 14.7. The van der Waals surface area contributed by atoms with Gasteiger partial charge in [-0.3, -0.25) is 4.98 Å². The van der Waals surface area contributed by atoms with Crippen LogP contribution in [-0.4, -0.2) is 4.98 Å². The summed E-state index contributed by atoms with van der Waals surface area (Å²) in [5, 5.41) is 0. The Hall–Kier alpha value is -1.67. The quantitative estimate of drug-likeness (QED) is 0.909. The third kappa shape index (κ3) is 3.02. The second kappa shape index (κ2) is 5.54. The van der Waals surface area contributed by atoms with Crippen LogP contribution >= 0.6 is 0 Å². The first-order chi connectivity index (χ1) is 8.99. The minimum absolute atomic E-state index is 0.00815. The van der Waals surface area contributed by atoms with Gasteiger partial charge in [0, 0.05) is 17.9 Å². The van der Waals surface area contributed by atoms with E-state index in [1.165, 1.54) is 22.3 Å². The van der Waals surface area contributed by atoms with Gasteiger partial charge in [0.2, 0.25) is 0 Å². The summed E-state index contributed by atoms with van der Waals surface area (Å²) in [7, 11) is 0. The van der Waals surface area contributed by atoms with Crippen LogP contribution in [0.1, 0.15) is 39.6 Å². The second-order valence-corrected chi connectivity index (χ2v) is 5.37. The van der Waals surface area contributed by atoms with E-state index in [1.807, 2.05) is 19.2 Å². The van der Waals surface area contributed by atoms with Gasteiger partial charge in [-0.2, -0.15) is 0 Å². The standard InChI is InChI=1S/C17H22N2/c1-11-8-12(2)16(13(3)9-11)10-17(18)15-6-5-7-19-14(15)4/h5-9,17H,10,18H2,1-4H3. The first-order valence-electron chi connectivity index (χ1n) is 6.73. The fraction of sp³-hybridized carbons (Fsp3) is 0.353. The summed E-state index contributed by atoms with van der Waals surface area (Å²) in [5.41, 5.74) is 13.9. The Labute approximate surface area is 115 Å². The largest absolute Gasteiger partial charge is 0.324 e. The molecular weight excluding hydrogens is 232 g/mol. The summed E-state index contributed by atoms with van der Waals surface area (Å²) in [6.07, 6.45) is 2.68. The van der Waals surface area contributed by atoms with Crippen LogP contribution in [-0.2, 0) is 6.42 Å². The van der Waals surface area contributed by atoms with Gasteiger partial charge in [-0.15, -0.1) is 0 Å². The normalized spacial score (nSPS) is 12.5. The summed E-state index contributed by atoms with van der Waals surface area (Å²) in [6, 6.07) is 8.49. The van der Waals surface area contributed by atoms with Gasteiger partial charge >= 0.3 is 0 Å². The van der Waals surface area contributed by atoms with Gasteiger partial charge < -0.3 is 5.73 Å². The van der Waals surface area contributed by atoms with Crippen LogP contribution in [0.4, 0.5) is 0 Å². The highest BCUT2D eigenvalue weighted by molar-refractivity contribution is 5.39. The van der Waals surface area contributed by atoms with E-state index in [9.17, 15) is 0 Å². The molecule has 0 bridgehead atoms. The van der Waals surface area contributed by atoms with Gasteiger partial charge in [-0.05, 0) is 62.4 Å². The lowest BCUT2D eigenvalue weighted by atomic mass is 9.92. The Morgan fingerprint density at radius 1 is 1.11 bits per heavy atom. The highest BCUT2D eigenvalue weighted by Crippen LogP contribution is 2.23. The average Bonchev–Trinajstić information content (AvgIpc) is 2.34. The van der Waals surface area contributed by atoms with Crippen molar-refractivity contribution in [1.29, 1.82) is 0 Å². The molecular formula is C17H22N2. The Morgan fingerprint density at radius 3 is 2.32 bits per heavy atom. The van der Waals surface area contributed by atoms with Crippen LogP contribution in [0.2, 0.25) is 0 Å². The lowest BCUT2D eigenvalue weighted by Crippen LogP contribution is -2.16. The van der Waals surface area contributed by atoms with Crippen molar-refractivity contribution in [1.82, 2.24) is 4.98 Å². The molecule has 2 rings (SSSR count). The topological polar surface area (TPSA) is 38.9 Å². The number of hydrogen-bond donors (Lipinski definition) is 1. The van der Waals surface area contributed by atoms with Gasteiger partial charge in [0.15, 0.2) is 0 Å². The minimum Gasteiger partial charge on any atom is -0.324 e. The average molecular weight is 254 g/mol. The van der Waals surface area contributed by atoms with E-state index < -0.39 is 0 Å². The number of rotatable bonds is 3. The molecule has 1 aromatic heterocycles. The van der Waals surface area contributed by atoms with Gasteiger partial charge in [0.1, 0.15) is 0 Å². The summed E-state index contributed by atoms with van der Waals surface area (Å²) in [4.78, 5) is 4.32. The zero-order valence-electron chi connectivity index (χ0n) is 12.2. The van der Waals surface area contributed by atoms with Crippen molar-refractivity contribution >= 4 is 0 Å². The molecule has 2 heteroatoms. The fourth-order valence-corrected chi connectivity index (χ4v) is 2.75. The second-order valence-electron chi connectivity index (χ2n) is 5.37. The molecule has 2 N–H and O–H groups in total. The molecule has 0 aliphatic heterocycles. The molecule has 100 valence electrons. The molecule has 0 saturated heterocycles. The van der Waals surface area contributed by atoms with Crippen LogP contribution in [0.15, 0.2) is 30.5 Å². The van der Waals surface area contributed by atoms with Crippen molar-refractivity contribution in [2.45, 2.75) is 40.2 Å². The molecule has 2 nitrogen and oxygen atoms in total. The number of benzene rings is 1. The number of pyridine rings is 1. The molecule has 1 aromatic carbocycles. The van der Waals surface area contributed by atoms with Crippen molar-refractivity contribution in [3.63, 3.8) is 0 Å². The minimum atomic E-state index is 0.00815. The van der Waals surface area contributed by atoms with Crippen LogP contribution in [0.25, 0.3) is 0 Å². The van der Waals surface area contributed by atoms with Crippen LogP contribution in [0.3, 0.4) is 0 Å². The highest BCUT2D eigenvalue weighted by Gasteiger charge is 2.13. The summed E-state index contributed by atoms with van der Waals surface area (Å²) < 4.78 is 0. The summed E-state index contributed by atoms with van der Waals surface area (Å²) in [5.74, 6) is 0. The van der Waals surface area contributed by atoms with Crippen LogP contribution < -0.4 is 5.73 Å². The van der Waals surface area contributed by atoms with Crippen molar-refractivity contribution in [2.24, 2.45) is 5.73 Å².